The third kappa shape index (κ3) is 2.04. The first-order chi connectivity index (χ1) is 8.27. The molecular weight excluding hydrogens is 214 g/mol. The van der Waals surface area contributed by atoms with Crippen molar-refractivity contribution in [2.45, 2.75) is 6.10 Å². The Morgan fingerprint density at radius 2 is 2.12 bits per heavy atom. The zero-order valence-electron chi connectivity index (χ0n) is 9.37. The third-order valence-electron chi connectivity index (χ3n) is 2.69. The first-order valence-electron chi connectivity index (χ1n) is 5.34. The van der Waals surface area contributed by atoms with Gasteiger partial charge in [-0.2, -0.15) is 0 Å². The van der Waals surface area contributed by atoms with E-state index in [0.29, 0.717) is 11.3 Å². The lowest BCUT2D eigenvalue weighted by atomic mass is 9.89. The van der Waals surface area contributed by atoms with Crippen molar-refractivity contribution in [1.29, 1.82) is 0 Å². The number of allylic oxidation sites excluding steroid dienone is 1. The van der Waals surface area contributed by atoms with Crippen LogP contribution < -0.4 is 0 Å². The maximum absolute atomic E-state index is 12.2. The van der Waals surface area contributed by atoms with Gasteiger partial charge in [-0.25, -0.2) is 0 Å². The monoisotopic (exact) mass is 227 g/mol. The molecule has 0 spiro atoms. The van der Waals surface area contributed by atoms with E-state index in [2.05, 4.69) is 18.1 Å². The van der Waals surface area contributed by atoms with Gasteiger partial charge in [-0.1, -0.05) is 24.8 Å². The maximum atomic E-state index is 12.2. The van der Waals surface area contributed by atoms with E-state index >= 15 is 0 Å². The number of aromatic nitrogens is 1. The Labute approximate surface area is 100 Å². The second-order valence-electron chi connectivity index (χ2n) is 3.71. The molecule has 0 bridgehead atoms. The number of carbonyl (C=O) groups excluding carboxylic acids is 1. The van der Waals surface area contributed by atoms with E-state index in [-0.39, 0.29) is 11.9 Å². The normalized spacial score (nSPS) is 23.5. The van der Waals surface area contributed by atoms with Gasteiger partial charge >= 0.3 is 0 Å². The average Bonchev–Trinajstić information content (AvgIpc) is 2.39. The molecule has 1 aliphatic heterocycles. The van der Waals surface area contributed by atoms with Crippen LogP contribution in [0, 0.1) is 5.92 Å². The minimum atomic E-state index is -0.394. The molecule has 0 radical (unpaired) electrons. The van der Waals surface area contributed by atoms with E-state index in [1.165, 1.54) is 6.26 Å². The lowest BCUT2D eigenvalue weighted by Gasteiger charge is -2.25. The molecule has 0 amide bonds. The molecule has 2 atom stereocenters. The predicted molar refractivity (Wildman–Crippen MR) is 66.0 cm³/mol. The van der Waals surface area contributed by atoms with Crippen molar-refractivity contribution in [3.63, 3.8) is 0 Å². The Balaban J connectivity index is 2.38. The maximum Gasteiger partial charge on any atom is 0.179 e. The van der Waals surface area contributed by atoms with Gasteiger partial charge in [0.05, 0.1) is 23.4 Å². The lowest BCUT2D eigenvalue weighted by molar-refractivity contribution is -0.119. The highest BCUT2D eigenvalue weighted by Gasteiger charge is 2.32. The Hall–Kier alpha value is -2.16. The van der Waals surface area contributed by atoms with Gasteiger partial charge in [-0.05, 0) is 12.1 Å². The van der Waals surface area contributed by atoms with Crippen LogP contribution >= 0.6 is 0 Å². The van der Waals surface area contributed by atoms with E-state index in [0.717, 1.165) is 0 Å². The SMILES string of the molecule is C=CC1OC=C(c2ccccn2)C(=O)C1C=C. The molecule has 1 aromatic rings. The topological polar surface area (TPSA) is 39.2 Å². The first kappa shape index (κ1) is 11.3. The Morgan fingerprint density at radius 1 is 1.29 bits per heavy atom. The van der Waals surface area contributed by atoms with Gasteiger partial charge in [0.25, 0.3) is 0 Å². The molecule has 2 rings (SSSR count). The van der Waals surface area contributed by atoms with Gasteiger partial charge in [0, 0.05) is 6.20 Å². The molecule has 3 nitrogen and oxygen atoms in total. The van der Waals surface area contributed by atoms with Crippen molar-refractivity contribution in [1.82, 2.24) is 4.98 Å². The van der Waals surface area contributed by atoms with Crippen molar-refractivity contribution >= 4 is 11.4 Å². The summed E-state index contributed by atoms with van der Waals surface area (Å²) in [6.45, 7) is 7.31. The molecule has 0 N–H and O–H groups in total. The number of pyridine rings is 1. The van der Waals surface area contributed by atoms with Gasteiger partial charge in [0.15, 0.2) is 5.78 Å². The second kappa shape index (κ2) is 4.78. The summed E-state index contributed by atoms with van der Waals surface area (Å²) >= 11 is 0. The highest BCUT2D eigenvalue weighted by molar-refractivity contribution is 6.22. The molecule has 0 aromatic carbocycles. The minimum absolute atomic E-state index is 0.0325. The van der Waals surface area contributed by atoms with Crippen LogP contribution in [-0.4, -0.2) is 16.9 Å². The summed E-state index contributed by atoms with van der Waals surface area (Å²) in [4.78, 5) is 16.4. The van der Waals surface area contributed by atoms with E-state index in [1.54, 1.807) is 30.5 Å². The molecule has 3 heteroatoms. The summed E-state index contributed by atoms with van der Waals surface area (Å²) in [7, 11) is 0. The fourth-order valence-electron chi connectivity index (χ4n) is 1.77. The molecular formula is C14H13NO2. The minimum Gasteiger partial charge on any atom is -0.492 e. The van der Waals surface area contributed by atoms with Crippen molar-refractivity contribution < 1.29 is 9.53 Å². The molecule has 17 heavy (non-hydrogen) atoms. The number of hydrogen-bond donors (Lipinski definition) is 0. The summed E-state index contributed by atoms with van der Waals surface area (Å²) in [5.41, 5.74) is 1.10. The molecule has 2 heterocycles. The second-order valence-corrected chi connectivity index (χ2v) is 3.71. The smallest absolute Gasteiger partial charge is 0.179 e. The van der Waals surface area contributed by atoms with Gasteiger partial charge in [-0.3, -0.25) is 9.78 Å². The van der Waals surface area contributed by atoms with Gasteiger partial charge in [0.1, 0.15) is 6.10 Å². The fraction of sp³-hybridized carbons (Fsp3) is 0.143. The summed E-state index contributed by atoms with van der Waals surface area (Å²) in [5, 5.41) is 0. The fourth-order valence-corrected chi connectivity index (χ4v) is 1.77. The predicted octanol–water partition coefficient (Wildman–Crippen LogP) is 2.38. The standard InChI is InChI=1S/C14H13NO2/c1-3-10-13(4-2)17-9-11(14(10)16)12-7-5-6-8-15-12/h3-10,13H,1-2H2. The molecule has 0 saturated heterocycles. The van der Waals surface area contributed by atoms with E-state index < -0.39 is 5.92 Å². The molecule has 1 aliphatic rings. The quantitative estimate of drug-likeness (QED) is 0.744. The van der Waals surface area contributed by atoms with E-state index in [9.17, 15) is 4.79 Å². The molecule has 0 aliphatic carbocycles. The summed E-state index contributed by atoms with van der Waals surface area (Å²) in [5.74, 6) is -0.427. The third-order valence-corrected chi connectivity index (χ3v) is 2.69. The van der Waals surface area contributed by atoms with E-state index in [1.807, 2.05) is 6.07 Å². The highest BCUT2D eigenvalue weighted by Crippen LogP contribution is 2.27. The Bertz CT molecular complexity index is 476. The van der Waals surface area contributed by atoms with Crippen LogP contribution in [0.1, 0.15) is 5.69 Å². The van der Waals surface area contributed by atoms with Crippen LogP contribution in [0.25, 0.3) is 5.57 Å². The number of ether oxygens (including phenoxy) is 1. The number of ketones is 1. The van der Waals surface area contributed by atoms with Crippen LogP contribution in [0.15, 0.2) is 56.0 Å². The summed E-state index contributed by atoms with van der Waals surface area (Å²) in [6.07, 6.45) is 5.95. The lowest BCUT2D eigenvalue weighted by Crippen LogP contribution is -2.31. The molecule has 1 aromatic heterocycles. The van der Waals surface area contributed by atoms with Crippen LogP contribution in [0.3, 0.4) is 0 Å². The summed E-state index contributed by atoms with van der Waals surface area (Å²) in [6, 6.07) is 5.41. The Morgan fingerprint density at radius 3 is 2.71 bits per heavy atom. The van der Waals surface area contributed by atoms with Crippen molar-refractivity contribution in [2.24, 2.45) is 5.92 Å². The largest absolute Gasteiger partial charge is 0.492 e. The Kier molecular flexibility index (Phi) is 3.19. The molecule has 86 valence electrons. The number of rotatable bonds is 3. The van der Waals surface area contributed by atoms with Crippen molar-refractivity contribution in [2.75, 3.05) is 0 Å². The van der Waals surface area contributed by atoms with Crippen LogP contribution in [0.2, 0.25) is 0 Å². The summed E-state index contributed by atoms with van der Waals surface area (Å²) < 4.78 is 5.46. The number of nitrogens with zero attached hydrogens (tertiary/aromatic N) is 1. The number of Topliss-reactive ketones (excluding diaryl/α,β-unsaturated/α-hetero) is 1. The van der Waals surface area contributed by atoms with Gasteiger partial charge in [0.2, 0.25) is 0 Å². The van der Waals surface area contributed by atoms with Crippen molar-refractivity contribution in [3.8, 4) is 0 Å². The average molecular weight is 227 g/mol. The van der Waals surface area contributed by atoms with Gasteiger partial charge < -0.3 is 4.74 Å². The zero-order chi connectivity index (χ0) is 12.3. The highest BCUT2D eigenvalue weighted by atomic mass is 16.5. The number of carbonyl (C=O) groups is 1. The van der Waals surface area contributed by atoms with Crippen LogP contribution in [0.5, 0.6) is 0 Å². The molecule has 0 saturated carbocycles. The zero-order valence-corrected chi connectivity index (χ0v) is 9.37. The van der Waals surface area contributed by atoms with Gasteiger partial charge in [-0.15, -0.1) is 6.58 Å². The van der Waals surface area contributed by atoms with Crippen molar-refractivity contribution in [3.05, 3.63) is 61.7 Å². The molecule has 0 fully saturated rings. The number of hydrogen-bond acceptors (Lipinski definition) is 3. The van der Waals surface area contributed by atoms with Crippen LogP contribution in [0.4, 0.5) is 0 Å². The molecule has 2 unspecified atom stereocenters. The van der Waals surface area contributed by atoms with E-state index in [4.69, 9.17) is 4.74 Å². The first-order valence-corrected chi connectivity index (χ1v) is 5.34. The van der Waals surface area contributed by atoms with Crippen LogP contribution in [-0.2, 0) is 9.53 Å².